The first kappa shape index (κ1) is 46.1. The minimum absolute atomic E-state index is 0.142. The van der Waals surface area contributed by atoms with Crippen LogP contribution in [0.1, 0.15) is 112 Å². The molecule has 1 aliphatic heterocycles. The van der Waals surface area contributed by atoms with E-state index >= 15 is 0 Å². The van der Waals surface area contributed by atoms with Crippen LogP contribution in [-0.4, -0.2) is 103 Å². The number of rotatable bonds is 15. The van der Waals surface area contributed by atoms with Gasteiger partial charge in [0.2, 0.25) is 17.8 Å². The van der Waals surface area contributed by atoms with Gasteiger partial charge in [-0.2, -0.15) is 9.97 Å². The van der Waals surface area contributed by atoms with Crippen molar-refractivity contribution in [2.75, 3.05) is 83.7 Å². The number of piperazine rings is 1. The minimum atomic E-state index is 0.142. The Morgan fingerprint density at radius 3 is 1.64 bits per heavy atom. The Labute approximate surface area is 350 Å². The van der Waals surface area contributed by atoms with E-state index in [4.69, 9.17) is 36.1 Å². The topological polar surface area (TPSA) is 202 Å². The molecule has 2 aromatic heterocycles. The number of hydrogen-bond acceptors (Lipinski definition) is 14. The van der Waals surface area contributed by atoms with Crippen LogP contribution < -0.4 is 41.5 Å². The van der Waals surface area contributed by atoms with Crippen LogP contribution in [0.5, 0.6) is 23.0 Å². The molecule has 15 heteroatoms. The molecule has 15 nitrogen and oxygen atoms in total. The molecule has 59 heavy (non-hydrogen) atoms. The summed E-state index contributed by atoms with van der Waals surface area (Å²) in [5.74, 6) is 5.44. The maximum atomic E-state index is 11.5. The molecule has 1 saturated heterocycles. The predicted octanol–water partition coefficient (Wildman–Crippen LogP) is 6.25. The van der Waals surface area contributed by atoms with Gasteiger partial charge in [-0.1, -0.05) is 41.5 Å². The highest BCUT2D eigenvalue weighted by Crippen LogP contribution is 2.37. The molecule has 0 aliphatic carbocycles. The molecular weight excluding hydrogens is 749 g/mol. The molecule has 0 radical (unpaired) electrons. The summed E-state index contributed by atoms with van der Waals surface area (Å²) >= 11 is 0. The lowest BCUT2D eigenvalue weighted by atomic mass is 9.90. The van der Waals surface area contributed by atoms with E-state index in [1.807, 2.05) is 29.2 Å². The van der Waals surface area contributed by atoms with Crippen molar-refractivity contribution in [3.8, 4) is 23.0 Å². The average molecular weight is 815 g/mol. The maximum Gasteiger partial charge on any atom is 0.224 e. The van der Waals surface area contributed by atoms with Gasteiger partial charge < -0.3 is 46.4 Å². The van der Waals surface area contributed by atoms with Gasteiger partial charge in [-0.05, 0) is 71.2 Å². The number of ether oxygens (including phenoxy) is 4. The van der Waals surface area contributed by atoms with Crippen molar-refractivity contribution in [3.63, 3.8) is 0 Å². The van der Waals surface area contributed by atoms with E-state index in [2.05, 4.69) is 78.6 Å². The highest BCUT2D eigenvalue weighted by molar-refractivity contribution is 5.73. The number of benzene rings is 2. The Morgan fingerprint density at radius 1 is 0.678 bits per heavy atom. The first-order valence-corrected chi connectivity index (χ1v) is 20.3. The van der Waals surface area contributed by atoms with Crippen molar-refractivity contribution in [1.82, 2.24) is 29.7 Å². The number of nitrogens with two attached hydrogens (primary N) is 3. The van der Waals surface area contributed by atoms with E-state index in [1.165, 1.54) is 11.1 Å². The third-order valence-electron chi connectivity index (χ3n) is 10.5. The zero-order valence-electron chi connectivity index (χ0n) is 37.1. The number of hydrogen-bond donors (Lipinski definition) is 4. The quantitative estimate of drug-likeness (QED) is 0.105. The maximum absolute atomic E-state index is 11.5. The average Bonchev–Trinajstić information content (AvgIpc) is 3.19. The van der Waals surface area contributed by atoms with Crippen molar-refractivity contribution in [1.29, 1.82) is 0 Å². The second-order valence-electron chi connectivity index (χ2n) is 15.9. The largest absolute Gasteiger partial charge is 0.493 e. The highest BCUT2D eigenvalue weighted by atomic mass is 16.5. The van der Waals surface area contributed by atoms with Gasteiger partial charge in [0.1, 0.15) is 11.6 Å². The number of amides is 1. The van der Waals surface area contributed by atoms with E-state index in [-0.39, 0.29) is 23.8 Å². The molecule has 4 aromatic rings. The van der Waals surface area contributed by atoms with Crippen molar-refractivity contribution >= 4 is 29.4 Å². The van der Waals surface area contributed by atoms with Gasteiger partial charge >= 0.3 is 0 Å². The van der Waals surface area contributed by atoms with E-state index in [9.17, 15) is 4.79 Å². The second kappa shape index (κ2) is 20.9. The van der Waals surface area contributed by atoms with Gasteiger partial charge in [0, 0.05) is 75.9 Å². The normalized spacial score (nSPS) is 13.6. The number of nitrogen functional groups attached to an aromatic ring is 3. The fourth-order valence-corrected chi connectivity index (χ4v) is 7.37. The molecule has 0 bridgehead atoms. The Balaban J connectivity index is 0.000000273. The van der Waals surface area contributed by atoms with E-state index in [0.29, 0.717) is 53.8 Å². The number of aromatic nitrogens is 4. The first-order chi connectivity index (χ1) is 28.0. The van der Waals surface area contributed by atoms with E-state index < -0.39 is 0 Å². The number of anilines is 4. The van der Waals surface area contributed by atoms with Crippen molar-refractivity contribution < 1.29 is 23.7 Å². The Kier molecular flexibility index (Phi) is 16.3. The van der Waals surface area contributed by atoms with Gasteiger partial charge in [-0.15, -0.1) is 0 Å². The molecule has 5 rings (SSSR count). The summed E-state index contributed by atoms with van der Waals surface area (Å²) in [5.41, 5.74) is 25.5. The number of carbonyl (C=O) groups is 1. The Hall–Kier alpha value is -5.57. The number of methoxy groups -OCH3 is 4. The Bertz CT molecular complexity index is 2030. The third kappa shape index (κ3) is 12.0. The molecule has 0 spiro atoms. The number of nitrogens with zero attached hydrogens (tertiary/aromatic N) is 6. The third-order valence-corrected chi connectivity index (χ3v) is 10.5. The summed E-state index contributed by atoms with van der Waals surface area (Å²) in [6.07, 6.45) is 3.02. The van der Waals surface area contributed by atoms with Crippen LogP contribution in [-0.2, 0) is 17.6 Å². The zero-order valence-corrected chi connectivity index (χ0v) is 37.1. The van der Waals surface area contributed by atoms with Crippen LogP contribution in [0.4, 0.5) is 23.5 Å². The minimum Gasteiger partial charge on any atom is -0.493 e. The van der Waals surface area contributed by atoms with E-state index in [0.717, 1.165) is 72.2 Å². The molecule has 1 fully saturated rings. The summed E-state index contributed by atoms with van der Waals surface area (Å²) in [6.45, 7) is 20.6. The Morgan fingerprint density at radius 2 is 1.19 bits per heavy atom. The van der Waals surface area contributed by atoms with Gasteiger partial charge in [0.25, 0.3) is 0 Å². The van der Waals surface area contributed by atoms with Crippen molar-refractivity contribution in [2.24, 2.45) is 0 Å². The summed E-state index contributed by atoms with van der Waals surface area (Å²) < 4.78 is 21.9. The van der Waals surface area contributed by atoms with Crippen LogP contribution in [0.2, 0.25) is 0 Å². The van der Waals surface area contributed by atoms with Crippen LogP contribution in [0.25, 0.3) is 0 Å². The predicted molar refractivity (Wildman–Crippen MR) is 236 cm³/mol. The summed E-state index contributed by atoms with van der Waals surface area (Å²) in [7, 11) is 6.56. The molecule has 1 unspecified atom stereocenters. The summed E-state index contributed by atoms with van der Waals surface area (Å²) in [6, 6.07) is 8.22. The molecule has 2 aromatic carbocycles. The molecular formula is C44H66N10O5. The number of nitrogens with one attached hydrogen (secondary N) is 1. The molecule has 1 atom stereocenters. The highest BCUT2D eigenvalue weighted by Gasteiger charge is 2.22. The molecule has 7 N–H and O–H groups in total. The zero-order chi connectivity index (χ0) is 43.6. The molecule has 3 heterocycles. The lowest BCUT2D eigenvalue weighted by Gasteiger charge is -2.35. The van der Waals surface area contributed by atoms with Crippen LogP contribution in [0.3, 0.4) is 0 Å². The molecule has 1 amide bonds. The smallest absolute Gasteiger partial charge is 0.224 e. The van der Waals surface area contributed by atoms with Gasteiger partial charge in [-0.3, -0.25) is 9.69 Å². The van der Waals surface area contributed by atoms with Gasteiger partial charge in [-0.25, -0.2) is 9.97 Å². The fourth-order valence-electron chi connectivity index (χ4n) is 7.37. The molecule has 0 saturated carbocycles. The van der Waals surface area contributed by atoms with Crippen LogP contribution in [0.15, 0.2) is 30.5 Å². The van der Waals surface area contributed by atoms with E-state index in [1.54, 1.807) is 41.6 Å². The monoisotopic (exact) mass is 815 g/mol. The van der Waals surface area contributed by atoms with Crippen molar-refractivity contribution in [2.45, 2.75) is 92.0 Å². The van der Waals surface area contributed by atoms with Crippen molar-refractivity contribution in [3.05, 3.63) is 69.5 Å². The number of carbonyl (C=O) groups excluding carboxylic acids is 1. The van der Waals surface area contributed by atoms with Gasteiger partial charge in [0.05, 0.1) is 34.1 Å². The van der Waals surface area contributed by atoms with Crippen LogP contribution in [0, 0.1) is 0 Å². The standard InChI is InChI=1S/C25H38N6O3.C19H28N4O2/c1-16(2)21-13-23(34-6)22(33-5)12-19(21)11-20-14-27-25(29-24(20)26)28-17(3)15-30-7-9-31(10-8-30)18(4)32;1-10(2)13-9-16(25-6)15(24-5)8-12(13)7-14-17(11(3)4)22-19(21)23-18(14)20/h12-14,16-17H,7-11,15H2,1-6H3,(H3,26,27,28,29);8-11H,7H2,1-6H3,(H4,20,21,22,23). The lowest BCUT2D eigenvalue weighted by Crippen LogP contribution is -2.50. The summed E-state index contributed by atoms with van der Waals surface area (Å²) in [5, 5.41) is 3.36. The summed E-state index contributed by atoms with van der Waals surface area (Å²) in [4.78, 5) is 33.4. The fraction of sp³-hybridized carbons (Fsp3) is 0.523. The molecule has 322 valence electrons. The molecule has 1 aliphatic rings. The van der Waals surface area contributed by atoms with Crippen LogP contribution >= 0.6 is 0 Å². The van der Waals surface area contributed by atoms with Gasteiger partial charge in [0.15, 0.2) is 23.0 Å². The SMILES string of the molecule is COc1cc(Cc2c(N)nc(N)nc2C(C)C)c(C(C)C)cc1OC.COc1cc(Cc2cnc(NC(C)CN3CCN(C(C)=O)CC3)nc2N)c(C(C)C)cc1OC. The first-order valence-electron chi connectivity index (χ1n) is 20.3. The lowest BCUT2D eigenvalue weighted by molar-refractivity contribution is -0.130. The second-order valence-corrected chi connectivity index (χ2v) is 15.9.